The number of amides is 1. The Balaban J connectivity index is 4.80. The maximum atomic E-state index is 11.7. The maximum absolute atomic E-state index is 11.7. The molecule has 1 unspecified atom stereocenters. The van der Waals surface area contributed by atoms with Gasteiger partial charge in [-0.2, -0.15) is 0 Å². The van der Waals surface area contributed by atoms with E-state index in [-0.39, 0.29) is 6.54 Å². The lowest BCUT2D eigenvalue weighted by Crippen LogP contribution is -2.44. The minimum absolute atomic E-state index is 0.241. The molecule has 0 aliphatic heterocycles. The summed E-state index contributed by atoms with van der Waals surface area (Å²) in [6.07, 6.45) is 1.54. The summed E-state index contributed by atoms with van der Waals surface area (Å²) in [5, 5.41) is 7.40. The average molecular weight is 251 g/mol. The summed E-state index contributed by atoms with van der Waals surface area (Å²) in [5.74, 6) is -1.81. The highest BCUT2D eigenvalue weighted by Crippen LogP contribution is 2.05. The highest BCUT2D eigenvalue weighted by molar-refractivity contribution is 7.92. The summed E-state index contributed by atoms with van der Waals surface area (Å²) < 4.78 is 22.3. The van der Waals surface area contributed by atoms with Crippen LogP contribution in [0.25, 0.3) is 0 Å². The minimum Gasteiger partial charge on any atom is -0.480 e. The van der Waals surface area contributed by atoms with Crippen LogP contribution < -0.4 is 0 Å². The van der Waals surface area contributed by atoms with Gasteiger partial charge < -0.3 is 10.0 Å². The van der Waals surface area contributed by atoms with Crippen molar-refractivity contribution in [1.82, 2.24) is 4.90 Å². The molecule has 0 bridgehead atoms. The maximum Gasteiger partial charge on any atom is 0.323 e. The Bertz CT molecular complexity index is 362. The highest BCUT2D eigenvalue weighted by atomic mass is 32.2. The molecule has 0 aromatic carbocycles. The largest absolute Gasteiger partial charge is 0.480 e. The van der Waals surface area contributed by atoms with Gasteiger partial charge >= 0.3 is 5.97 Å². The van der Waals surface area contributed by atoms with E-state index in [2.05, 4.69) is 0 Å². The first-order valence-electron chi connectivity index (χ1n) is 4.89. The van der Waals surface area contributed by atoms with Gasteiger partial charge in [0.25, 0.3) is 0 Å². The smallest absolute Gasteiger partial charge is 0.323 e. The number of rotatable bonds is 6. The third-order valence-electron chi connectivity index (χ3n) is 2.12. The molecule has 1 amide bonds. The van der Waals surface area contributed by atoms with E-state index in [9.17, 15) is 18.0 Å². The molecule has 94 valence electrons. The lowest BCUT2D eigenvalue weighted by atomic mass is 10.3. The fourth-order valence-corrected chi connectivity index (χ4v) is 1.66. The van der Waals surface area contributed by atoms with Crippen LogP contribution in [0.4, 0.5) is 0 Å². The van der Waals surface area contributed by atoms with Gasteiger partial charge in [-0.3, -0.25) is 9.59 Å². The normalized spacial score (nSPS) is 13.2. The SMILES string of the molecule is CCCN(CC(=O)O)C(=O)C(C)S(C)(=O)=O. The molecule has 0 aromatic rings. The van der Waals surface area contributed by atoms with Crippen LogP contribution in [0.5, 0.6) is 0 Å². The number of nitrogens with zero attached hydrogens (tertiary/aromatic N) is 1. The number of carboxylic acid groups (broad SMARTS) is 1. The lowest BCUT2D eigenvalue weighted by Gasteiger charge is -2.22. The molecule has 0 heterocycles. The number of carboxylic acids is 1. The molecule has 16 heavy (non-hydrogen) atoms. The monoisotopic (exact) mass is 251 g/mol. The van der Waals surface area contributed by atoms with Crippen molar-refractivity contribution in [3.8, 4) is 0 Å². The second kappa shape index (κ2) is 5.83. The predicted molar refractivity (Wildman–Crippen MR) is 58.8 cm³/mol. The summed E-state index contributed by atoms with van der Waals surface area (Å²) in [6.45, 7) is 2.83. The molecule has 6 nitrogen and oxygen atoms in total. The zero-order valence-electron chi connectivity index (χ0n) is 9.63. The number of hydrogen-bond acceptors (Lipinski definition) is 4. The van der Waals surface area contributed by atoms with Gasteiger partial charge in [-0.05, 0) is 13.3 Å². The molecule has 0 radical (unpaired) electrons. The first kappa shape index (κ1) is 14.9. The first-order valence-corrected chi connectivity index (χ1v) is 6.85. The van der Waals surface area contributed by atoms with Gasteiger partial charge in [-0.25, -0.2) is 8.42 Å². The second-order valence-corrected chi connectivity index (χ2v) is 5.99. The number of carbonyl (C=O) groups excluding carboxylic acids is 1. The Kier molecular flexibility index (Phi) is 5.43. The van der Waals surface area contributed by atoms with Gasteiger partial charge in [-0.15, -0.1) is 0 Å². The van der Waals surface area contributed by atoms with E-state index < -0.39 is 33.5 Å². The van der Waals surface area contributed by atoms with Gasteiger partial charge in [0.1, 0.15) is 11.8 Å². The van der Waals surface area contributed by atoms with Gasteiger partial charge in [0.15, 0.2) is 9.84 Å². The van der Waals surface area contributed by atoms with Crippen molar-refractivity contribution in [2.75, 3.05) is 19.3 Å². The van der Waals surface area contributed by atoms with Crippen molar-refractivity contribution in [3.63, 3.8) is 0 Å². The zero-order valence-corrected chi connectivity index (χ0v) is 10.5. The second-order valence-electron chi connectivity index (χ2n) is 3.63. The molecular weight excluding hydrogens is 234 g/mol. The standard InChI is InChI=1S/C9H17NO5S/c1-4-5-10(6-8(11)12)9(13)7(2)16(3,14)15/h7H,4-6H2,1-3H3,(H,11,12). The fraction of sp³-hybridized carbons (Fsp3) is 0.778. The van der Waals surface area contributed by atoms with Crippen LogP contribution in [-0.4, -0.2) is 54.9 Å². The Morgan fingerprint density at radius 2 is 1.88 bits per heavy atom. The number of hydrogen-bond donors (Lipinski definition) is 1. The molecule has 1 atom stereocenters. The Labute approximate surface area is 95.2 Å². The molecule has 0 rings (SSSR count). The van der Waals surface area contributed by atoms with E-state index in [0.717, 1.165) is 11.2 Å². The molecular formula is C9H17NO5S. The summed E-state index contributed by atoms with van der Waals surface area (Å²) in [6, 6.07) is 0. The zero-order chi connectivity index (χ0) is 12.9. The van der Waals surface area contributed by atoms with Crippen LogP contribution in [0.1, 0.15) is 20.3 Å². The minimum atomic E-state index is -3.49. The number of carbonyl (C=O) groups is 2. The molecule has 0 saturated carbocycles. The van der Waals surface area contributed by atoms with Crippen molar-refractivity contribution >= 4 is 21.7 Å². The van der Waals surface area contributed by atoms with Crippen LogP contribution in [0.2, 0.25) is 0 Å². The van der Waals surface area contributed by atoms with E-state index in [1.54, 1.807) is 6.92 Å². The summed E-state index contributed by atoms with van der Waals surface area (Å²) >= 11 is 0. The molecule has 0 aliphatic rings. The topological polar surface area (TPSA) is 91.8 Å². The lowest BCUT2D eigenvalue weighted by molar-refractivity contribution is -0.144. The Morgan fingerprint density at radius 3 is 2.19 bits per heavy atom. The van der Waals surface area contributed by atoms with E-state index in [1.165, 1.54) is 6.92 Å². The van der Waals surface area contributed by atoms with Crippen molar-refractivity contribution in [2.24, 2.45) is 0 Å². The molecule has 1 N–H and O–H groups in total. The van der Waals surface area contributed by atoms with Gasteiger partial charge in [-0.1, -0.05) is 6.92 Å². The van der Waals surface area contributed by atoms with Gasteiger partial charge in [0.05, 0.1) is 0 Å². The fourth-order valence-electron chi connectivity index (χ4n) is 1.14. The van der Waals surface area contributed by atoms with E-state index in [0.29, 0.717) is 6.42 Å². The van der Waals surface area contributed by atoms with Crippen molar-refractivity contribution in [2.45, 2.75) is 25.5 Å². The molecule has 0 fully saturated rings. The number of sulfone groups is 1. The Morgan fingerprint density at radius 1 is 1.38 bits per heavy atom. The number of aliphatic carboxylic acids is 1. The highest BCUT2D eigenvalue weighted by Gasteiger charge is 2.28. The van der Waals surface area contributed by atoms with Gasteiger partial charge in [0.2, 0.25) is 5.91 Å². The molecule has 0 spiro atoms. The third-order valence-corrected chi connectivity index (χ3v) is 3.61. The van der Waals surface area contributed by atoms with E-state index in [4.69, 9.17) is 5.11 Å². The Hall–Kier alpha value is -1.11. The van der Waals surface area contributed by atoms with E-state index >= 15 is 0 Å². The van der Waals surface area contributed by atoms with Crippen molar-refractivity contribution in [3.05, 3.63) is 0 Å². The van der Waals surface area contributed by atoms with Crippen molar-refractivity contribution in [1.29, 1.82) is 0 Å². The first-order chi connectivity index (χ1) is 7.20. The van der Waals surface area contributed by atoms with Crippen LogP contribution in [0.15, 0.2) is 0 Å². The third kappa shape index (κ3) is 4.61. The van der Waals surface area contributed by atoms with Crippen LogP contribution in [0.3, 0.4) is 0 Å². The van der Waals surface area contributed by atoms with Crippen LogP contribution in [0, 0.1) is 0 Å². The molecule has 0 aromatic heterocycles. The quantitative estimate of drug-likeness (QED) is 0.702. The molecule has 0 saturated heterocycles. The van der Waals surface area contributed by atoms with Gasteiger partial charge in [0, 0.05) is 12.8 Å². The molecule has 0 aliphatic carbocycles. The summed E-state index contributed by atoms with van der Waals surface area (Å²) in [7, 11) is -3.49. The summed E-state index contributed by atoms with van der Waals surface area (Å²) in [5.41, 5.74) is 0. The van der Waals surface area contributed by atoms with Crippen molar-refractivity contribution < 1.29 is 23.1 Å². The van der Waals surface area contributed by atoms with Crippen LogP contribution >= 0.6 is 0 Å². The summed E-state index contributed by atoms with van der Waals surface area (Å²) in [4.78, 5) is 23.3. The predicted octanol–water partition coefficient (Wildman–Crippen LogP) is -0.257. The van der Waals surface area contributed by atoms with E-state index in [1.807, 2.05) is 0 Å². The average Bonchev–Trinajstić information content (AvgIpc) is 2.12. The van der Waals surface area contributed by atoms with Crippen LogP contribution in [-0.2, 0) is 19.4 Å². The molecule has 7 heteroatoms.